The van der Waals surface area contributed by atoms with Gasteiger partial charge in [0.1, 0.15) is 0 Å². The van der Waals surface area contributed by atoms with E-state index in [-0.39, 0.29) is 11.8 Å². The number of amides is 2. The molecule has 130 valence electrons. The predicted molar refractivity (Wildman–Crippen MR) is 98.8 cm³/mol. The number of rotatable bonds is 3. The highest BCUT2D eigenvalue weighted by molar-refractivity contribution is 6.05. The number of nitrogens with zero attached hydrogens (tertiary/aromatic N) is 3. The lowest BCUT2D eigenvalue weighted by molar-refractivity contribution is 0.0816. The molecular formula is C20H18N4O2. The van der Waals surface area contributed by atoms with Crippen LogP contribution in [0, 0.1) is 0 Å². The number of aryl methyl sites for hydroxylation is 1. The van der Waals surface area contributed by atoms with Crippen molar-refractivity contribution in [1.82, 2.24) is 14.7 Å². The average Bonchev–Trinajstić information content (AvgIpc) is 3.17. The number of carbonyl (C=O) groups is 2. The number of aromatic nitrogens is 2. The molecule has 26 heavy (non-hydrogen) atoms. The fourth-order valence-electron chi connectivity index (χ4n) is 3.17. The first-order valence-corrected chi connectivity index (χ1v) is 8.30. The molecule has 2 amide bonds. The molecule has 0 aliphatic carbocycles. The number of carbonyl (C=O) groups excluding carboxylic acids is 2. The third kappa shape index (κ3) is 2.86. The molecule has 2 heterocycles. The quantitative estimate of drug-likeness (QED) is 0.793. The van der Waals surface area contributed by atoms with E-state index < -0.39 is 0 Å². The summed E-state index contributed by atoms with van der Waals surface area (Å²) in [5.41, 5.74) is 4.92. The summed E-state index contributed by atoms with van der Waals surface area (Å²) in [5, 5.41) is 6.88. The highest BCUT2D eigenvalue weighted by Gasteiger charge is 2.24. The minimum atomic E-state index is -0.184. The standard InChI is InChI=1S/C20H18N4O2/c1-23-11-16-9-14(6-7-18(16)20(23)26)13-4-3-5-15(8-13)19(25)22-17-10-21-24(2)12-17/h3-10,12H,11H2,1-2H3,(H,22,25). The molecule has 1 aliphatic rings. The first-order chi connectivity index (χ1) is 12.5. The molecule has 0 spiro atoms. The molecule has 2 aromatic carbocycles. The largest absolute Gasteiger partial charge is 0.337 e. The molecule has 1 N–H and O–H groups in total. The van der Waals surface area contributed by atoms with E-state index in [9.17, 15) is 9.59 Å². The minimum absolute atomic E-state index is 0.0520. The van der Waals surface area contributed by atoms with Gasteiger partial charge in [0.05, 0.1) is 11.9 Å². The van der Waals surface area contributed by atoms with Gasteiger partial charge in [-0.3, -0.25) is 14.3 Å². The van der Waals surface area contributed by atoms with Gasteiger partial charge in [0, 0.05) is 38.0 Å². The molecule has 0 saturated heterocycles. The number of anilines is 1. The molecular weight excluding hydrogens is 328 g/mol. The SMILES string of the molecule is CN1Cc2cc(-c3cccc(C(=O)Nc4cnn(C)c4)c3)ccc2C1=O. The summed E-state index contributed by atoms with van der Waals surface area (Å²) in [6, 6.07) is 13.3. The Morgan fingerprint density at radius 3 is 2.69 bits per heavy atom. The zero-order chi connectivity index (χ0) is 18.3. The van der Waals surface area contributed by atoms with Crippen LogP contribution in [0.5, 0.6) is 0 Å². The van der Waals surface area contributed by atoms with Crippen LogP contribution in [0.25, 0.3) is 11.1 Å². The summed E-state index contributed by atoms with van der Waals surface area (Å²) in [7, 11) is 3.59. The van der Waals surface area contributed by atoms with Crippen molar-refractivity contribution in [3.8, 4) is 11.1 Å². The number of nitrogens with one attached hydrogen (secondary N) is 1. The Labute approximate surface area is 151 Å². The van der Waals surface area contributed by atoms with Crippen molar-refractivity contribution in [3.63, 3.8) is 0 Å². The third-order valence-corrected chi connectivity index (χ3v) is 4.51. The summed E-state index contributed by atoms with van der Waals surface area (Å²) in [4.78, 5) is 26.2. The van der Waals surface area contributed by atoms with Gasteiger partial charge < -0.3 is 10.2 Å². The molecule has 6 heteroatoms. The summed E-state index contributed by atoms with van der Waals surface area (Å²) < 4.78 is 1.63. The van der Waals surface area contributed by atoms with Gasteiger partial charge in [-0.2, -0.15) is 5.10 Å². The van der Waals surface area contributed by atoms with E-state index in [4.69, 9.17) is 0 Å². The van der Waals surface area contributed by atoms with Crippen molar-refractivity contribution in [2.45, 2.75) is 6.54 Å². The van der Waals surface area contributed by atoms with Crippen LogP contribution in [0.15, 0.2) is 54.9 Å². The lowest BCUT2D eigenvalue weighted by atomic mass is 9.99. The Kier molecular flexibility index (Phi) is 3.80. The van der Waals surface area contributed by atoms with Gasteiger partial charge >= 0.3 is 0 Å². The second kappa shape index (κ2) is 6.15. The molecule has 0 saturated carbocycles. The molecule has 6 nitrogen and oxygen atoms in total. The molecule has 0 atom stereocenters. The highest BCUT2D eigenvalue weighted by Crippen LogP contribution is 2.28. The van der Waals surface area contributed by atoms with Crippen molar-refractivity contribution < 1.29 is 9.59 Å². The second-order valence-corrected chi connectivity index (χ2v) is 6.47. The number of hydrogen-bond donors (Lipinski definition) is 1. The van der Waals surface area contributed by atoms with Crippen molar-refractivity contribution in [2.24, 2.45) is 7.05 Å². The lowest BCUT2D eigenvalue weighted by Crippen LogP contribution is -2.17. The molecule has 4 rings (SSSR count). The summed E-state index contributed by atoms with van der Waals surface area (Å²) in [6.45, 7) is 0.614. The van der Waals surface area contributed by atoms with E-state index in [0.29, 0.717) is 17.8 Å². The Hall–Kier alpha value is -3.41. The zero-order valence-electron chi connectivity index (χ0n) is 14.6. The first-order valence-electron chi connectivity index (χ1n) is 8.30. The fourth-order valence-corrected chi connectivity index (χ4v) is 3.17. The Morgan fingerprint density at radius 1 is 1.12 bits per heavy atom. The molecule has 0 fully saturated rings. The van der Waals surface area contributed by atoms with Gasteiger partial charge in [-0.15, -0.1) is 0 Å². The van der Waals surface area contributed by atoms with E-state index in [1.54, 1.807) is 42.1 Å². The van der Waals surface area contributed by atoms with Gasteiger partial charge in [0.15, 0.2) is 0 Å². The fraction of sp³-hybridized carbons (Fsp3) is 0.150. The minimum Gasteiger partial charge on any atom is -0.337 e. The van der Waals surface area contributed by atoms with Gasteiger partial charge in [-0.1, -0.05) is 18.2 Å². The Morgan fingerprint density at radius 2 is 1.92 bits per heavy atom. The molecule has 0 unspecified atom stereocenters. The topological polar surface area (TPSA) is 67.2 Å². The van der Waals surface area contributed by atoms with Crippen LogP contribution in [-0.4, -0.2) is 33.5 Å². The molecule has 3 aromatic rings. The molecule has 1 aliphatic heterocycles. The van der Waals surface area contributed by atoms with Crippen molar-refractivity contribution in [2.75, 3.05) is 12.4 Å². The maximum absolute atomic E-state index is 12.5. The van der Waals surface area contributed by atoms with Gasteiger partial charge in [0.25, 0.3) is 11.8 Å². The van der Waals surface area contributed by atoms with Crippen LogP contribution in [-0.2, 0) is 13.6 Å². The third-order valence-electron chi connectivity index (χ3n) is 4.51. The monoisotopic (exact) mass is 346 g/mol. The summed E-state index contributed by atoms with van der Waals surface area (Å²) in [6.07, 6.45) is 3.35. The smallest absolute Gasteiger partial charge is 0.255 e. The number of benzene rings is 2. The van der Waals surface area contributed by atoms with Gasteiger partial charge in [-0.25, -0.2) is 0 Å². The van der Waals surface area contributed by atoms with E-state index in [2.05, 4.69) is 10.4 Å². The predicted octanol–water partition coefficient (Wildman–Crippen LogP) is 2.93. The Balaban J connectivity index is 1.61. The average molecular weight is 346 g/mol. The lowest BCUT2D eigenvalue weighted by Gasteiger charge is -2.07. The van der Waals surface area contributed by atoms with Crippen molar-refractivity contribution in [1.29, 1.82) is 0 Å². The molecule has 0 bridgehead atoms. The normalized spacial score (nSPS) is 13.0. The van der Waals surface area contributed by atoms with Gasteiger partial charge in [-0.05, 0) is 41.0 Å². The second-order valence-electron chi connectivity index (χ2n) is 6.47. The molecule has 1 aromatic heterocycles. The van der Waals surface area contributed by atoms with Crippen LogP contribution in [0.1, 0.15) is 26.3 Å². The van der Waals surface area contributed by atoms with Crippen LogP contribution >= 0.6 is 0 Å². The highest BCUT2D eigenvalue weighted by atomic mass is 16.2. The first kappa shape index (κ1) is 16.1. The van der Waals surface area contributed by atoms with Crippen LogP contribution < -0.4 is 5.32 Å². The van der Waals surface area contributed by atoms with Crippen LogP contribution in [0.2, 0.25) is 0 Å². The van der Waals surface area contributed by atoms with Gasteiger partial charge in [0.2, 0.25) is 0 Å². The zero-order valence-corrected chi connectivity index (χ0v) is 14.6. The van der Waals surface area contributed by atoms with E-state index in [1.807, 2.05) is 36.4 Å². The summed E-state index contributed by atoms with van der Waals surface area (Å²) >= 11 is 0. The number of fused-ring (bicyclic) bond motifs is 1. The molecule has 0 radical (unpaired) electrons. The Bertz CT molecular complexity index is 1020. The van der Waals surface area contributed by atoms with Crippen LogP contribution in [0.3, 0.4) is 0 Å². The van der Waals surface area contributed by atoms with E-state index in [1.165, 1.54) is 0 Å². The van der Waals surface area contributed by atoms with Crippen molar-refractivity contribution in [3.05, 3.63) is 71.5 Å². The van der Waals surface area contributed by atoms with E-state index >= 15 is 0 Å². The maximum Gasteiger partial charge on any atom is 0.255 e. The van der Waals surface area contributed by atoms with Crippen LogP contribution in [0.4, 0.5) is 5.69 Å². The maximum atomic E-state index is 12.5. The van der Waals surface area contributed by atoms with Crippen molar-refractivity contribution >= 4 is 17.5 Å². The number of hydrogen-bond acceptors (Lipinski definition) is 3. The van der Waals surface area contributed by atoms with E-state index in [0.717, 1.165) is 22.3 Å². The summed E-state index contributed by atoms with van der Waals surface area (Å²) in [5.74, 6) is -0.132.